The lowest BCUT2D eigenvalue weighted by Crippen LogP contribution is -2.33. The molecule has 1 fully saturated rings. The summed E-state index contributed by atoms with van der Waals surface area (Å²) in [6.45, 7) is 6.56. The first-order valence-corrected chi connectivity index (χ1v) is 15.8. The fraction of sp³-hybridized carbons (Fsp3) is 0.387. The lowest BCUT2D eigenvalue weighted by Gasteiger charge is -2.27. The smallest absolute Gasteiger partial charge is 0.243 e. The highest BCUT2D eigenvalue weighted by Gasteiger charge is 2.27. The highest BCUT2D eigenvalue weighted by molar-refractivity contribution is 7.89. The number of piperidine rings is 1. The third-order valence-electron chi connectivity index (χ3n) is 7.55. The van der Waals surface area contributed by atoms with Crippen LogP contribution in [0.4, 0.5) is 0 Å². The number of benzene rings is 3. The molecule has 4 aromatic rings. The molecule has 5 rings (SSSR count). The Morgan fingerprint density at radius 1 is 0.872 bits per heavy atom. The Morgan fingerprint density at radius 2 is 1.54 bits per heavy atom. The zero-order valence-electron chi connectivity index (χ0n) is 22.6. The normalized spacial score (nSPS) is 14.8. The first-order chi connectivity index (χ1) is 19.0. The number of sulfonamides is 1. The molecule has 0 aliphatic carbocycles. The van der Waals surface area contributed by atoms with Crippen molar-refractivity contribution in [3.63, 3.8) is 0 Å². The van der Waals surface area contributed by atoms with Gasteiger partial charge in [-0.3, -0.25) is 4.90 Å². The number of likely N-dealkylation sites (tertiary alicyclic amines) is 1. The second kappa shape index (κ2) is 12.6. The van der Waals surface area contributed by atoms with Gasteiger partial charge >= 0.3 is 0 Å². The molecule has 2 heterocycles. The zero-order chi connectivity index (χ0) is 27.2. The lowest BCUT2D eigenvalue weighted by atomic mass is 10.0. The van der Waals surface area contributed by atoms with Gasteiger partial charge in [-0.25, -0.2) is 13.4 Å². The average Bonchev–Trinajstić information content (AvgIpc) is 3.29. The van der Waals surface area contributed by atoms with Gasteiger partial charge < -0.3 is 4.57 Å². The maximum absolute atomic E-state index is 13.8. The van der Waals surface area contributed by atoms with E-state index in [2.05, 4.69) is 46.7 Å². The molecule has 6 nitrogen and oxygen atoms in total. The van der Waals surface area contributed by atoms with E-state index in [1.807, 2.05) is 18.2 Å². The molecule has 0 bridgehead atoms. The predicted octanol–water partition coefficient (Wildman–Crippen LogP) is 6.71. The molecule has 39 heavy (non-hydrogen) atoms. The fourth-order valence-corrected chi connectivity index (χ4v) is 6.91. The molecule has 1 aliphatic rings. The van der Waals surface area contributed by atoms with Crippen molar-refractivity contribution in [2.45, 2.75) is 63.6 Å². The van der Waals surface area contributed by atoms with E-state index in [1.165, 1.54) is 30.4 Å². The number of nitrogens with zero attached hydrogens (tertiary/aromatic N) is 4. The SMILES string of the molecule is CCCCN(Cc1nc2ccccc2n1Cc1ccccc1CN1CCCCC1)S(=O)(=O)c1ccc(Cl)cc1. The van der Waals surface area contributed by atoms with Crippen LogP contribution in [0, 0.1) is 0 Å². The summed E-state index contributed by atoms with van der Waals surface area (Å²) in [5.74, 6) is 0.748. The van der Waals surface area contributed by atoms with Crippen molar-refractivity contribution in [1.29, 1.82) is 0 Å². The standard InChI is InChI=1S/C31H37ClN4O2S/c1-2-3-21-35(39(37,38)28-17-15-27(32)16-18-28)24-31-33-29-13-7-8-14-30(29)36(31)23-26-12-6-5-11-25(26)22-34-19-9-4-10-20-34/h5-8,11-18H,2-4,9-10,19-24H2,1H3. The van der Waals surface area contributed by atoms with Gasteiger partial charge in [0, 0.05) is 24.7 Å². The lowest BCUT2D eigenvalue weighted by molar-refractivity contribution is 0.220. The summed E-state index contributed by atoms with van der Waals surface area (Å²) in [6.07, 6.45) is 5.50. The van der Waals surface area contributed by atoms with E-state index in [9.17, 15) is 8.42 Å². The molecule has 206 valence electrons. The molecular formula is C31H37ClN4O2S. The molecule has 8 heteroatoms. The Morgan fingerprint density at radius 3 is 2.26 bits per heavy atom. The van der Waals surface area contributed by atoms with Crippen LogP contribution in [-0.2, 0) is 29.7 Å². The molecule has 0 radical (unpaired) electrons. The summed E-state index contributed by atoms with van der Waals surface area (Å²) in [4.78, 5) is 7.74. The topological polar surface area (TPSA) is 58.4 Å². The minimum absolute atomic E-state index is 0.202. The average molecular weight is 565 g/mol. The first kappa shape index (κ1) is 27.8. The first-order valence-electron chi connectivity index (χ1n) is 13.9. The van der Waals surface area contributed by atoms with Gasteiger partial charge in [-0.2, -0.15) is 4.31 Å². The monoisotopic (exact) mass is 564 g/mol. The maximum atomic E-state index is 13.8. The molecule has 0 unspecified atom stereocenters. The molecule has 1 aromatic heterocycles. The summed E-state index contributed by atoms with van der Waals surface area (Å²) < 4.78 is 31.3. The van der Waals surface area contributed by atoms with E-state index < -0.39 is 10.0 Å². The molecule has 3 aromatic carbocycles. The van der Waals surface area contributed by atoms with Gasteiger partial charge in [-0.05, 0) is 79.9 Å². The van der Waals surface area contributed by atoms with E-state index in [0.717, 1.165) is 49.3 Å². The van der Waals surface area contributed by atoms with Gasteiger partial charge in [0.25, 0.3) is 0 Å². The number of unbranched alkanes of at least 4 members (excludes halogenated alkanes) is 1. The number of rotatable bonds is 11. The molecule has 0 amide bonds. The second-order valence-corrected chi connectivity index (χ2v) is 12.7. The van der Waals surface area contributed by atoms with E-state index in [1.54, 1.807) is 28.6 Å². The molecule has 1 saturated heterocycles. The van der Waals surface area contributed by atoms with Crippen LogP contribution in [0.25, 0.3) is 11.0 Å². The van der Waals surface area contributed by atoms with Crippen molar-refractivity contribution in [3.8, 4) is 0 Å². The van der Waals surface area contributed by atoms with Crippen LogP contribution in [0.5, 0.6) is 0 Å². The van der Waals surface area contributed by atoms with Crippen molar-refractivity contribution in [2.24, 2.45) is 0 Å². The summed E-state index contributed by atoms with van der Waals surface area (Å²) in [5.41, 5.74) is 4.45. The summed E-state index contributed by atoms with van der Waals surface area (Å²) in [6, 6.07) is 23.1. The molecular weight excluding hydrogens is 528 g/mol. The molecule has 0 N–H and O–H groups in total. The Hall–Kier alpha value is -2.71. The van der Waals surface area contributed by atoms with Gasteiger partial charge in [0.1, 0.15) is 5.82 Å². The van der Waals surface area contributed by atoms with Crippen molar-refractivity contribution in [1.82, 2.24) is 18.8 Å². The van der Waals surface area contributed by atoms with Crippen molar-refractivity contribution < 1.29 is 8.42 Å². The zero-order valence-corrected chi connectivity index (χ0v) is 24.2. The largest absolute Gasteiger partial charge is 0.322 e. The number of fused-ring (bicyclic) bond motifs is 1. The quantitative estimate of drug-likeness (QED) is 0.203. The highest BCUT2D eigenvalue weighted by Crippen LogP contribution is 2.25. The maximum Gasteiger partial charge on any atom is 0.243 e. The van der Waals surface area contributed by atoms with Crippen LogP contribution < -0.4 is 0 Å². The van der Waals surface area contributed by atoms with Gasteiger partial charge in [0.2, 0.25) is 10.0 Å². The number of imidazole rings is 1. The number of para-hydroxylation sites is 2. The highest BCUT2D eigenvalue weighted by atomic mass is 35.5. The Kier molecular flexibility index (Phi) is 9.03. The second-order valence-electron chi connectivity index (χ2n) is 10.4. The van der Waals surface area contributed by atoms with Crippen LogP contribution in [0.2, 0.25) is 5.02 Å². The Bertz CT molecular complexity index is 1490. The number of aromatic nitrogens is 2. The molecule has 0 atom stereocenters. The Balaban J connectivity index is 1.50. The van der Waals surface area contributed by atoms with Crippen LogP contribution in [-0.4, -0.2) is 46.8 Å². The van der Waals surface area contributed by atoms with E-state index >= 15 is 0 Å². The summed E-state index contributed by atoms with van der Waals surface area (Å²) in [5, 5.41) is 0.513. The third kappa shape index (κ3) is 6.55. The molecule has 0 saturated carbocycles. The third-order valence-corrected chi connectivity index (χ3v) is 9.66. The van der Waals surface area contributed by atoms with Crippen molar-refractivity contribution in [3.05, 3.63) is 94.8 Å². The van der Waals surface area contributed by atoms with E-state index in [4.69, 9.17) is 16.6 Å². The number of halogens is 1. The van der Waals surface area contributed by atoms with Crippen LogP contribution in [0.3, 0.4) is 0 Å². The number of hydrogen-bond donors (Lipinski definition) is 0. The Labute approximate surface area is 237 Å². The summed E-state index contributed by atoms with van der Waals surface area (Å²) in [7, 11) is -3.73. The fourth-order valence-electron chi connectivity index (χ4n) is 5.35. The minimum Gasteiger partial charge on any atom is -0.322 e. The number of hydrogen-bond acceptors (Lipinski definition) is 4. The van der Waals surface area contributed by atoms with E-state index in [0.29, 0.717) is 18.1 Å². The minimum atomic E-state index is -3.73. The van der Waals surface area contributed by atoms with Gasteiger partial charge in [-0.15, -0.1) is 0 Å². The van der Waals surface area contributed by atoms with E-state index in [-0.39, 0.29) is 11.4 Å². The van der Waals surface area contributed by atoms with Crippen molar-refractivity contribution >= 4 is 32.7 Å². The molecule has 1 aliphatic heterocycles. The summed E-state index contributed by atoms with van der Waals surface area (Å²) >= 11 is 6.05. The van der Waals surface area contributed by atoms with Crippen molar-refractivity contribution in [2.75, 3.05) is 19.6 Å². The molecule has 0 spiro atoms. The predicted molar refractivity (Wildman–Crippen MR) is 158 cm³/mol. The van der Waals surface area contributed by atoms with Crippen LogP contribution >= 0.6 is 11.6 Å². The van der Waals surface area contributed by atoms with Gasteiger partial charge in [0.15, 0.2) is 0 Å². The van der Waals surface area contributed by atoms with Gasteiger partial charge in [-0.1, -0.05) is 67.8 Å². The van der Waals surface area contributed by atoms with Crippen LogP contribution in [0.15, 0.2) is 77.7 Å². The van der Waals surface area contributed by atoms with Gasteiger partial charge in [0.05, 0.1) is 22.5 Å². The van der Waals surface area contributed by atoms with Crippen LogP contribution in [0.1, 0.15) is 56.0 Å².